The predicted molar refractivity (Wildman–Crippen MR) is 75.1 cm³/mol. The van der Waals surface area contributed by atoms with Gasteiger partial charge >= 0.3 is 6.18 Å². The van der Waals surface area contributed by atoms with Crippen LogP contribution in [-0.4, -0.2) is 18.2 Å². The maximum Gasteiger partial charge on any atom is 0.425 e. The van der Waals surface area contributed by atoms with Crippen molar-refractivity contribution in [3.05, 3.63) is 41.5 Å². The third kappa shape index (κ3) is 2.68. The van der Waals surface area contributed by atoms with Gasteiger partial charge in [-0.05, 0) is 43.9 Å². The highest BCUT2D eigenvalue weighted by Gasteiger charge is 2.60. The van der Waals surface area contributed by atoms with Crippen LogP contribution in [0.4, 0.5) is 27.6 Å². The van der Waals surface area contributed by atoms with Gasteiger partial charge in [0.25, 0.3) is 5.91 Å². The number of carbonyl (C=O) groups excluding carboxylic acids is 1. The maximum absolute atomic E-state index is 14.3. The number of allylic oxidation sites excluding steroid dienone is 1. The molecule has 1 N–H and O–H groups in total. The van der Waals surface area contributed by atoms with E-state index < -0.39 is 46.7 Å². The van der Waals surface area contributed by atoms with Crippen molar-refractivity contribution in [2.24, 2.45) is 5.92 Å². The largest absolute Gasteiger partial charge is 0.425 e. The number of ether oxygens (including phenoxy) is 1. The Kier molecular flexibility index (Phi) is 3.90. The fraction of sp³-hybridized carbons (Fsp3) is 0.438. The van der Waals surface area contributed by atoms with Crippen LogP contribution in [0.25, 0.3) is 0 Å². The molecule has 1 aromatic carbocycles. The molecule has 24 heavy (non-hydrogen) atoms. The molecule has 0 radical (unpaired) electrons. The lowest BCUT2D eigenvalue weighted by molar-refractivity contribution is -0.272. The summed E-state index contributed by atoms with van der Waals surface area (Å²) in [5.41, 5.74) is -4.76. The number of nitrogens with one attached hydrogen (secondary N) is 1. The number of hydrogen-bond donors (Lipinski definition) is 1. The summed E-state index contributed by atoms with van der Waals surface area (Å²) >= 11 is 0. The highest BCUT2D eigenvalue weighted by molar-refractivity contribution is 5.95. The van der Waals surface area contributed by atoms with Crippen LogP contribution < -0.4 is 5.32 Å². The first-order valence-corrected chi connectivity index (χ1v) is 7.39. The lowest BCUT2D eigenvalue weighted by atomic mass is 9.89. The Morgan fingerprint density at radius 2 is 1.96 bits per heavy atom. The second kappa shape index (κ2) is 5.54. The van der Waals surface area contributed by atoms with Gasteiger partial charge in [-0.3, -0.25) is 4.79 Å². The Labute approximate surface area is 134 Å². The summed E-state index contributed by atoms with van der Waals surface area (Å²) in [5.74, 6) is -4.07. The minimum absolute atomic E-state index is 0.0601. The number of rotatable bonds is 2. The first kappa shape index (κ1) is 16.9. The van der Waals surface area contributed by atoms with Crippen LogP contribution in [0.1, 0.15) is 25.3 Å². The van der Waals surface area contributed by atoms with Gasteiger partial charge in [0.05, 0.1) is 11.3 Å². The Balaban J connectivity index is 2.29. The molecule has 0 spiro atoms. The summed E-state index contributed by atoms with van der Waals surface area (Å²) < 4.78 is 74.8. The van der Waals surface area contributed by atoms with Crippen molar-refractivity contribution in [3.63, 3.8) is 0 Å². The SMILES string of the molecule is C[C@@H]1O[C@](/C=C/C2CC2)(C(F)(F)F)c2c(ccc(F)c2F)NC1=O. The number of benzene rings is 1. The van der Waals surface area contributed by atoms with Crippen LogP contribution in [-0.2, 0) is 15.1 Å². The minimum Gasteiger partial charge on any atom is -0.344 e. The molecule has 1 heterocycles. The van der Waals surface area contributed by atoms with E-state index in [2.05, 4.69) is 5.32 Å². The molecule has 1 aromatic rings. The van der Waals surface area contributed by atoms with E-state index in [9.17, 15) is 26.7 Å². The molecule has 2 aliphatic rings. The van der Waals surface area contributed by atoms with Crippen LogP contribution in [0, 0.1) is 17.6 Å². The molecule has 1 saturated carbocycles. The van der Waals surface area contributed by atoms with Crippen molar-refractivity contribution in [2.75, 3.05) is 5.32 Å². The van der Waals surface area contributed by atoms with Gasteiger partial charge in [-0.2, -0.15) is 13.2 Å². The van der Waals surface area contributed by atoms with Crippen LogP contribution in [0.2, 0.25) is 0 Å². The predicted octanol–water partition coefficient (Wildman–Crippen LogP) is 4.05. The number of halogens is 5. The van der Waals surface area contributed by atoms with Crippen molar-refractivity contribution >= 4 is 11.6 Å². The average Bonchev–Trinajstić information content (AvgIpc) is 3.30. The normalized spacial score (nSPS) is 27.8. The minimum atomic E-state index is -5.09. The molecular formula is C16H14F5NO2. The zero-order chi connectivity index (χ0) is 17.7. The molecule has 8 heteroatoms. The summed E-state index contributed by atoms with van der Waals surface area (Å²) in [6.45, 7) is 1.13. The van der Waals surface area contributed by atoms with E-state index in [1.54, 1.807) is 0 Å². The van der Waals surface area contributed by atoms with E-state index in [-0.39, 0.29) is 5.92 Å². The van der Waals surface area contributed by atoms with Crippen LogP contribution in [0.15, 0.2) is 24.3 Å². The Bertz CT molecular complexity index is 711. The molecule has 1 fully saturated rings. The highest BCUT2D eigenvalue weighted by Crippen LogP contribution is 2.50. The maximum atomic E-state index is 14.3. The number of amides is 1. The van der Waals surface area contributed by atoms with Gasteiger partial charge in [-0.1, -0.05) is 6.08 Å². The van der Waals surface area contributed by atoms with Crippen molar-refractivity contribution in [3.8, 4) is 0 Å². The molecule has 0 aromatic heterocycles. The number of anilines is 1. The van der Waals surface area contributed by atoms with Gasteiger partial charge in [-0.25, -0.2) is 8.78 Å². The zero-order valence-corrected chi connectivity index (χ0v) is 12.6. The second-order valence-corrected chi connectivity index (χ2v) is 5.96. The van der Waals surface area contributed by atoms with Crippen molar-refractivity contribution in [2.45, 2.75) is 37.6 Å². The van der Waals surface area contributed by atoms with E-state index >= 15 is 0 Å². The smallest absolute Gasteiger partial charge is 0.344 e. The summed E-state index contributed by atoms with van der Waals surface area (Å²) in [6, 6.07) is 1.56. The van der Waals surface area contributed by atoms with E-state index in [1.165, 1.54) is 6.08 Å². The first-order chi connectivity index (χ1) is 11.2. The fourth-order valence-electron chi connectivity index (χ4n) is 2.63. The van der Waals surface area contributed by atoms with Crippen LogP contribution >= 0.6 is 0 Å². The third-order valence-electron chi connectivity index (χ3n) is 4.10. The van der Waals surface area contributed by atoms with Crippen LogP contribution in [0.5, 0.6) is 0 Å². The van der Waals surface area contributed by atoms with Crippen molar-refractivity contribution in [1.82, 2.24) is 0 Å². The molecule has 3 nitrogen and oxygen atoms in total. The van der Waals surface area contributed by atoms with Gasteiger partial charge in [0.1, 0.15) is 6.10 Å². The van der Waals surface area contributed by atoms with Crippen LogP contribution in [0.3, 0.4) is 0 Å². The highest BCUT2D eigenvalue weighted by atomic mass is 19.4. The van der Waals surface area contributed by atoms with Gasteiger partial charge < -0.3 is 10.1 Å². The van der Waals surface area contributed by atoms with Crippen molar-refractivity contribution in [1.29, 1.82) is 0 Å². The number of alkyl halides is 3. The zero-order valence-electron chi connectivity index (χ0n) is 12.6. The molecule has 2 atom stereocenters. The number of fused-ring (bicyclic) bond motifs is 1. The van der Waals surface area contributed by atoms with E-state index in [1.807, 2.05) is 0 Å². The molecule has 130 valence electrons. The Morgan fingerprint density at radius 3 is 2.54 bits per heavy atom. The van der Waals surface area contributed by atoms with Gasteiger partial charge in [-0.15, -0.1) is 0 Å². The Morgan fingerprint density at radius 1 is 1.29 bits per heavy atom. The molecule has 1 aliphatic heterocycles. The quantitative estimate of drug-likeness (QED) is 0.648. The number of hydrogen-bond acceptors (Lipinski definition) is 2. The summed E-state index contributed by atoms with van der Waals surface area (Å²) in [7, 11) is 0. The number of carbonyl (C=O) groups is 1. The molecule has 3 rings (SSSR count). The van der Waals surface area contributed by atoms with E-state index in [4.69, 9.17) is 4.74 Å². The van der Waals surface area contributed by atoms with Crippen molar-refractivity contribution < 1.29 is 31.5 Å². The van der Waals surface area contributed by atoms with Gasteiger partial charge in [0, 0.05) is 0 Å². The summed E-state index contributed by atoms with van der Waals surface area (Å²) in [4.78, 5) is 11.9. The van der Waals surface area contributed by atoms with E-state index in [0.717, 1.165) is 25.8 Å². The topological polar surface area (TPSA) is 38.3 Å². The third-order valence-corrected chi connectivity index (χ3v) is 4.10. The molecule has 1 aliphatic carbocycles. The second-order valence-electron chi connectivity index (χ2n) is 5.96. The lowest BCUT2D eigenvalue weighted by Gasteiger charge is -2.34. The lowest BCUT2D eigenvalue weighted by Crippen LogP contribution is -2.46. The molecule has 1 amide bonds. The van der Waals surface area contributed by atoms with E-state index in [0.29, 0.717) is 12.1 Å². The fourth-order valence-corrected chi connectivity index (χ4v) is 2.63. The molecule has 0 bridgehead atoms. The van der Waals surface area contributed by atoms with Gasteiger partial charge in [0.2, 0.25) is 5.60 Å². The first-order valence-electron chi connectivity index (χ1n) is 7.39. The molecule has 0 saturated heterocycles. The monoisotopic (exact) mass is 347 g/mol. The summed E-state index contributed by atoms with van der Waals surface area (Å²) in [5, 5.41) is 2.17. The van der Waals surface area contributed by atoms with Gasteiger partial charge in [0.15, 0.2) is 11.6 Å². The Hall–Kier alpha value is -1.96. The molecule has 0 unspecified atom stereocenters. The summed E-state index contributed by atoms with van der Waals surface area (Å²) in [6.07, 6.45) is -3.19. The average molecular weight is 347 g/mol. The standard InChI is InChI=1S/C16H14F5NO2/c1-8-14(23)22-11-5-4-10(17)13(18)12(11)15(24-8,16(19,20)21)7-6-9-2-3-9/h4-9H,2-3H2,1H3,(H,22,23)/b7-6+/t8-,15-/m0/s1. The molecular weight excluding hydrogens is 333 g/mol.